The number of aromatic nitrogens is 2. The van der Waals surface area contributed by atoms with Crippen molar-refractivity contribution in [1.29, 1.82) is 0 Å². The number of carbonyl (C=O) groups excluding carboxylic acids is 3. The summed E-state index contributed by atoms with van der Waals surface area (Å²) in [5.41, 5.74) is 8.88. The van der Waals surface area contributed by atoms with Crippen molar-refractivity contribution in [2.24, 2.45) is 5.73 Å². The normalized spacial score (nSPS) is 10.7. The first-order valence-electron chi connectivity index (χ1n) is 10.8. The maximum Gasteiger partial charge on any atom is 0.331 e. The zero-order valence-corrected chi connectivity index (χ0v) is 18.6. The molecule has 0 aliphatic carbocycles. The number of hydrogen-bond donors (Lipinski definition) is 2. The highest BCUT2D eigenvalue weighted by Crippen LogP contribution is 2.24. The summed E-state index contributed by atoms with van der Waals surface area (Å²) in [4.78, 5) is 36.0. The smallest absolute Gasteiger partial charge is 0.331 e. The Bertz CT molecular complexity index is 1380. The number of anilines is 1. The van der Waals surface area contributed by atoms with Crippen molar-refractivity contribution in [2.75, 3.05) is 11.9 Å². The average Bonchev–Trinajstić information content (AvgIpc) is 3.32. The fourth-order valence-corrected chi connectivity index (χ4v) is 3.38. The third kappa shape index (κ3) is 5.88. The highest BCUT2D eigenvalue weighted by atomic mass is 16.5. The molecule has 0 spiro atoms. The zero-order valence-electron chi connectivity index (χ0n) is 18.6. The van der Waals surface area contributed by atoms with Gasteiger partial charge in [0.15, 0.2) is 6.61 Å². The molecule has 3 N–H and O–H groups in total. The zero-order chi connectivity index (χ0) is 24.6. The molecule has 8 heteroatoms. The maximum atomic E-state index is 12.3. The largest absolute Gasteiger partial charge is 0.452 e. The van der Waals surface area contributed by atoms with Crippen molar-refractivity contribution in [3.63, 3.8) is 0 Å². The molecular weight excluding hydrogens is 444 g/mol. The Labute approximate surface area is 201 Å². The number of para-hydroxylation sites is 2. The number of nitrogens with two attached hydrogens (primary N) is 1. The van der Waals surface area contributed by atoms with Crippen molar-refractivity contribution in [2.45, 2.75) is 0 Å². The quantitative estimate of drug-likeness (QED) is 0.302. The Morgan fingerprint density at radius 3 is 2.29 bits per heavy atom. The minimum atomic E-state index is -0.699. The minimum absolute atomic E-state index is 0.163. The Morgan fingerprint density at radius 1 is 0.914 bits per heavy atom. The number of esters is 1. The van der Waals surface area contributed by atoms with E-state index in [1.165, 1.54) is 18.2 Å². The second-order valence-electron chi connectivity index (χ2n) is 7.48. The van der Waals surface area contributed by atoms with Crippen molar-refractivity contribution in [1.82, 2.24) is 9.78 Å². The summed E-state index contributed by atoms with van der Waals surface area (Å²) >= 11 is 0. The van der Waals surface area contributed by atoms with Crippen LogP contribution in [0.2, 0.25) is 0 Å². The number of ether oxygens (including phenoxy) is 1. The molecule has 0 fully saturated rings. The number of nitrogens with one attached hydrogen (secondary N) is 1. The SMILES string of the molecule is NC(=O)c1ccccc1NC(=O)COC(=O)/C=C/c1cn(-c2ccccc2)nc1-c1ccccc1. The molecule has 0 saturated carbocycles. The van der Waals surface area contributed by atoms with Gasteiger partial charge in [0.05, 0.1) is 22.6 Å². The second-order valence-corrected chi connectivity index (χ2v) is 7.48. The van der Waals surface area contributed by atoms with E-state index in [1.807, 2.05) is 66.9 Å². The lowest BCUT2D eigenvalue weighted by Gasteiger charge is -2.08. The highest BCUT2D eigenvalue weighted by Gasteiger charge is 2.13. The third-order valence-corrected chi connectivity index (χ3v) is 5.02. The van der Waals surface area contributed by atoms with Crippen LogP contribution in [-0.2, 0) is 14.3 Å². The summed E-state index contributed by atoms with van der Waals surface area (Å²) in [6.07, 6.45) is 4.65. The van der Waals surface area contributed by atoms with Gasteiger partial charge in [0.1, 0.15) is 0 Å². The summed E-state index contributed by atoms with van der Waals surface area (Å²) in [5.74, 6) is -1.97. The molecule has 35 heavy (non-hydrogen) atoms. The number of primary amides is 1. The lowest BCUT2D eigenvalue weighted by Crippen LogP contribution is -2.22. The van der Waals surface area contributed by atoms with Gasteiger partial charge in [0.25, 0.3) is 11.8 Å². The summed E-state index contributed by atoms with van der Waals surface area (Å²) in [6.45, 7) is -0.523. The molecule has 0 atom stereocenters. The molecule has 2 amide bonds. The van der Waals surface area contributed by atoms with Gasteiger partial charge in [-0.3, -0.25) is 9.59 Å². The number of amides is 2. The Kier molecular flexibility index (Phi) is 7.13. The summed E-state index contributed by atoms with van der Waals surface area (Å²) in [6, 6.07) is 25.5. The standard InChI is InChI=1S/C27H22N4O4/c28-27(34)22-13-7-8-14-23(22)29-24(32)18-35-25(33)16-15-20-17-31(21-11-5-2-6-12-21)30-26(20)19-9-3-1-4-10-19/h1-17H,18H2,(H2,28,34)(H,29,32)/b16-15+. The predicted octanol–water partition coefficient (Wildman–Crippen LogP) is 3.83. The molecule has 4 aromatic rings. The van der Waals surface area contributed by atoms with E-state index in [0.29, 0.717) is 11.3 Å². The number of carbonyl (C=O) groups is 3. The Morgan fingerprint density at radius 2 is 1.57 bits per heavy atom. The van der Waals surface area contributed by atoms with Crippen LogP contribution >= 0.6 is 0 Å². The summed E-state index contributed by atoms with van der Waals surface area (Å²) in [7, 11) is 0. The molecule has 4 rings (SSSR count). The van der Waals surface area contributed by atoms with Crippen LogP contribution < -0.4 is 11.1 Å². The Balaban J connectivity index is 1.45. The first kappa shape index (κ1) is 23.2. The van der Waals surface area contributed by atoms with E-state index in [-0.39, 0.29) is 11.3 Å². The van der Waals surface area contributed by atoms with Gasteiger partial charge in [-0.15, -0.1) is 0 Å². The number of benzene rings is 3. The monoisotopic (exact) mass is 466 g/mol. The van der Waals surface area contributed by atoms with Gasteiger partial charge >= 0.3 is 5.97 Å². The molecule has 0 aliphatic heterocycles. The Hall–Kier alpha value is -4.98. The molecule has 0 bridgehead atoms. The third-order valence-electron chi connectivity index (χ3n) is 5.02. The van der Waals surface area contributed by atoms with Gasteiger partial charge in [0, 0.05) is 23.4 Å². The van der Waals surface area contributed by atoms with E-state index in [4.69, 9.17) is 10.5 Å². The molecule has 0 aliphatic rings. The highest BCUT2D eigenvalue weighted by molar-refractivity contribution is 6.03. The lowest BCUT2D eigenvalue weighted by atomic mass is 10.1. The van der Waals surface area contributed by atoms with Gasteiger partial charge in [0.2, 0.25) is 0 Å². The average molecular weight is 466 g/mol. The van der Waals surface area contributed by atoms with Gasteiger partial charge < -0.3 is 15.8 Å². The molecule has 8 nitrogen and oxygen atoms in total. The first-order valence-corrected chi connectivity index (χ1v) is 10.8. The second kappa shape index (κ2) is 10.8. The van der Waals surface area contributed by atoms with Gasteiger partial charge in [-0.1, -0.05) is 60.7 Å². The van der Waals surface area contributed by atoms with E-state index in [2.05, 4.69) is 10.4 Å². The van der Waals surface area contributed by atoms with Gasteiger partial charge in [-0.05, 0) is 30.3 Å². The molecule has 0 saturated heterocycles. The molecule has 1 aromatic heterocycles. The fourth-order valence-electron chi connectivity index (χ4n) is 3.38. The molecule has 1 heterocycles. The van der Waals surface area contributed by atoms with E-state index >= 15 is 0 Å². The van der Waals surface area contributed by atoms with E-state index < -0.39 is 24.4 Å². The summed E-state index contributed by atoms with van der Waals surface area (Å²) < 4.78 is 6.79. The predicted molar refractivity (Wildman–Crippen MR) is 133 cm³/mol. The molecule has 174 valence electrons. The van der Waals surface area contributed by atoms with E-state index in [9.17, 15) is 14.4 Å². The number of rotatable bonds is 8. The van der Waals surface area contributed by atoms with Crippen LogP contribution in [0.25, 0.3) is 23.0 Å². The van der Waals surface area contributed by atoms with Crippen molar-refractivity contribution >= 4 is 29.5 Å². The molecule has 0 radical (unpaired) electrons. The van der Waals surface area contributed by atoms with Crippen LogP contribution in [0.3, 0.4) is 0 Å². The van der Waals surface area contributed by atoms with Crippen LogP contribution in [0.4, 0.5) is 5.69 Å². The molecular formula is C27H22N4O4. The maximum absolute atomic E-state index is 12.3. The van der Waals surface area contributed by atoms with Crippen molar-refractivity contribution in [3.05, 3.63) is 108 Å². The van der Waals surface area contributed by atoms with E-state index in [0.717, 1.165) is 11.3 Å². The molecule has 3 aromatic carbocycles. The van der Waals surface area contributed by atoms with Crippen molar-refractivity contribution in [3.8, 4) is 16.9 Å². The molecule has 0 unspecified atom stereocenters. The van der Waals surface area contributed by atoms with E-state index in [1.54, 1.807) is 22.9 Å². The van der Waals surface area contributed by atoms with Crippen molar-refractivity contribution < 1.29 is 19.1 Å². The van der Waals surface area contributed by atoms with Gasteiger partial charge in [-0.2, -0.15) is 5.10 Å². The van der Waals surface area contributed by atoms with Crippen LogP contribution in [-0.4, -0.2) is 34.2 Å². The van der Waals surface area contributed by atoms with Crippen LogP contribution in [0.1, 0.15) is 15.9 Å². The first-order chi connectivity index (χ1) is 17.0. The van der Waals surface area contributed by atoms with Crippen LogP contribution in [0, 0.1) is 0 Å². The topological polar surface area (TPSA) is 116 Å². The lowest BCUT2D eigenvalue weighted by molar-refractivity contribution is -0.142. The number of nitrogens with zero attached hydrogens (tertiary/aromatic N) is 2. The van der Waals surface area contributed by atoms with Crippen LogP contribution in [0.15, 0.2) is 97.2 Å². The van der Waals surface area contributed by atoms with Crippen LogP contribution in [0.5, 0.6) is 0 Å². The number of hydrogen-bond acceptors (Lipinski definition) is 5. The summed E-state index contributed by atoms with van der Waals surface area (Å²) in [5, 5.41) is 7.20. The fraction of sp³-hybridized carbons (Fsp3) is 0.0370. The van der Waals surface area contributed by atoms with Gasteiger partial charge in [-0.25, -0.2) is 9.48 Å². The minimum Gasteiger partial charge on any atom is -0.452 e.